The molecule has 24 heavy (non-hydrogen) atoms. The second-order valence-electron chi connectivity index (χ2n) is 5.93. The van der Waals surface area contributed by atoms with E-state index in [4.69, 9.17) is 11.1 Å². The summed E-state index contributed by atoms with van der Waals surface area (Å²) in [6.07, 6.45) is 4.28. The van der Waals surface area contributed by atoms with Gasteiger partial charge in [-0.1, -0.05) is 48.5 Å². The van der Waals surface area contributed by atoms with Gasteiger partial charge in [0, 0.05) is 10.9 Å². The van der Waals surface area contributed by atoms with Crippen molar-refractivity contribution >= 4 is 30.1 Å². The monoisotopic (exact) mass is 361 g/mol. The molecule has 1 aliphatic heterocycles. The van der Waals surface area contributed by atoms with Crippen molar-refractivity contribution in [1.29, 1.82) is 5.41 Å². The summed E-state index contributed by atoms with van der Waals surface area (Å²) in [6.45, 7) is 0. The molecule has 3 nitrogen and oxygen atoms in total. The molecule has 1 heterocycles. The molecule has 128 valence electrons. The fourth-order valence-corrected chi connectivity index (χ4v) is 4.51. The van der Waals surface area contributed by atoms with E-state index in [1.807, 2.05) is 23.9 Å². The van der Waals surface area contributed by atoms with Gasteiger partial charge in [0.1, 0.15) is 0 Å². The summed E-state index contributed by atoms with van der Waals surface area (Å²) < 4.78 is 0. The molecule has 2 aromatic carbocycles. The van der Waals surface area contributed by atoms with Crippen molar-refractivity contribution < 1.29 is 0 Å². The second-order valence-corrected chi connectivity index (χ2v) is 7.18. The number of aryl methyl sites for hydroxylation is 1. The molecule has 1 fully saturated rings. The normalized spacial score (nSPS) is 19.8. The Morgan fingerprint density at radius 1 is 1.04 bits per heavy atom. The van der Waals surface area contributed by atoms with Crippen LogP contribution in [0.3, 0.4) is 0 Å². The molecule has 5 heteroatoms. The minimum atomic E-state index is 0. The number of nitrogens with one attached hydrogen (secondary N) is 1. The molecule has 0 radical (unpaired) electrons. The van der Waals surface area contributed by atoms with E-state index in [1.54, 1.807) is 0 Å². The van der Waals surface area contributed by atoms with Crippen LogP contribution < -0.4 is 5.73 Å². The summed E-state index contributed by atoms with van der Waals surface area (Å²) in [5.74, 6) is 0.203. The zero-order valence-electron chi connectivity index (χ0n) is 13.6. The van der Waals surface area contributed by atoms with E-state index in [2.05, 4.69) is 53.4 Å². The number of likely N-dealkylation sites (tertiary alicyclic amines) is 1. The van der Waals surface area contributed by atoms with Crippen molar-refractivity contribution in [2.75, 3.05) is 0 Å². The quantitative estimate of drug-likeness (QED) is 0.608. The van der Waals surface area contributed by atoms with Gasteiger partial charge in [0.15, 0.2) is 5.96 Å². The molecule has 2 aromatic rings. The van der Waals surface area contributed by atoms with Crippen LogP contribution in [0.4, 0.5) is 0 Å². The van der Waals surface area contributed by atoms with Crippen LogP contribution in [0.15, 0.2) is 65.6 Å². The largest absolute Gasteiger partial charge is 0.370 e. The predicted octanol–water partition coefficient (Wildman–Crippen LogP) is 4.52. The highest BCUT2D eigenvalue weighted by molar-refractivity contribution is 7.99. The molecular formula is C19H24ClN3S. The lowest BCUT2D eigenvalue weighted by molar-refractivity contribution is 0.348. The Labute approximate surface area is 154 Å². The molecule has 0 aliphatic carbocycles. The third-order valence-corrected chi connectivity index (χ3v) is 5.63. The Kier molecular flexibility index (Phi) is 7.00. The van der Waals surface area contributed by atoms with Gasteiger partial charge in [0.25, 0.3) is 0 Å². The summed E-state index contributed by atoms with van der Waals surface area (Å²) in [6, 6.07) is 21.3. The zero-order valence-corrected chi connectivity index (χ0v) is 15.2. The van der Waals surface area contributed by atoms with Gasteiger partial charge in [-0.15, -0.1) is 24.2 Å². The minimum Gasteiger partial charge on any atom is -0.370 e. The van der Waals surface area contributed by atoms with E-state index >= 15 is 0 Å². The molecule has 3 rings (SSSR count). The minimum absolute atomic E-state index is 0. The van der Waals surface area contributed by atoms with Crippen molar-refractivity contribution in [3.05, 3.63) is 66.2 Å². The molecule has 0 bridgehead atoms. The Morgan fingerprint density at radius 2 is 1.67 bits per heavy atom. The summed E-state index contributed by atoms with van der Waals surface area (Å²) in [4.78, 5) is 3.35. The standard InChI is InChI=1S/C19H23N3S.ClH/c20-19(21)22-16(12-11-15-7-3-1-4-8-15)13-14-18(22)23-17-9-5-2-6-10-17;/h1-10,16,18H,11-14H2,(H3,20,21);1H. The van der Waals surface area contributed by atoms with E-state index in [0.717, 1.165) is 25.7 Å². The molecule has 1 saturated heterocycles. The van der Waals surface area contributed by atoms with E-state index < -0.39 is 0 Å². The second kappa shape index (κ2) is 9.00. The van der Waals surface area contributed by atoms with Crippen LogP contribution in [-0.4, -0.2) is 22.3 Å². The van der Waals surface area contributed by atoms with Gasteiger partial charge in [-0.3, -0.25) is 5.41 Å². The maximum atomic E-state index is 7.99. The lowest BCUT2D eigenvalue weighted by Crippen LogP contribution is -2.44. The van der Waals surface area contributed by atoms with Crippen molar-refractivity contribution in [1.82, 2.24) is 4.90 Å². The van der Waals surface area contributed by atoms with Gasteiger partial charge >= 0.3 is 0 Å². The van der Waals surface area contributed by atoms with Crippen molar-refractivity contribution in [2.24, 2.45) is 5.73 Å². The maximum Gasteiger partial charge on any atom is 0.189 e. The van der Waals surface area contributed by atoms with Crippen LogP contribution in [0.25, 0.3) is 0 Å². The van der Waals surface area contributed by atoms with Gasteiger partial charge in [0.2, 0.25) is 0 Å². The number of halogens is 1. The summed E-state index contributed by atoms with van der Waals surface area (Å²) in [7, 11) is 0. The summed E-state index contributed by atoms with van der Waals surface area (Å²) >= 11 is 1.82. The highest BCUT2D eigenvalue weighted by Crippen LogP contribution is 2.37. The first-order valence-electron chi connectivity index (χ1n) is 8.12. The first-order chi connectivity index (χ1) is 11.2. The van der Waals surface area contributed by atoms with Crippen LogP contribution in [0, 0.1) is 5.41 Å². The summed E-state index contributed by atoms with van der Waals surface area (Å²) in [5, 5.41) is 8.27. The maximum absolute atomic E-state index is 7.99. The van der Waals surface area contributed by atoms with Gasteiger partial charge in [-0.2, -0.15) is 0 Å². The van der Waals surface area contributed by atoms with Crippen molar-refractivity contribution in [2.45, 2.75) is 42.0 Å². The molecule has 0 amide bonds. The van der Waals surface area contributed by atoms with Gasteiger partial charge in [0.05, 0.1) is 5.37 Å². The smallest absolute Gasteiger partial charge is 0.189 e. The van der Waals surface area contributed by atoms with Crippen LogP contribution in [0.1, 0.15) is 24.8 Å². The first kappa shape index (κ1) is 18.7. The number of nitrogens with two attached hydrogens (primary N) is 1. The van der Waals surface area contributed by atoms with Crippen molar-refractivity contribution in [3.8, 4) is 0 Å². The highest BCUT2D eigenvalue weighted by Gasteiger charge is 2.34. The number of guanidine groups is 1. The fraction of sp³-hybridized carbons (Fsp3) is 0.316. The zero-order chi connectivity index (χ0) is 16.1. The molecule has 0 saturated carbocycles. The molecule has 2 atom stereocenters. The number of thioether (sulfide) groups is 1. The van der Waals surface area contributed by atoms with Crippen LogP contribution in [-0.2, 0) is 6.42 Å². The topological polar surface area (TPSA) is 53.1 Å². The third kappa shape index (κ3) is 4.68. The highest BCUT2D eigenvalue weighted by atomic mass is 35.5. The molecule has 0 spiro atoms. The lowest BCUT2D eigenvalue weighted by atomic mass is 10.0. The lowest BCUT2D eigenvalue weighted by Gasteiger charge is -2.30. The van der Waals surface area contributed by atoms with E-state index in [1.165, 1.54) is 10.5 Å². The molecule has 3 N–H and O–H groups in total. The third-order valence-electron chi connectivity index (χ3n) is 4.35. The predicted molar refractivity (Wildman–Crippen MR) is 105 cm³/mol. The van der Waals surface area contributed by atoms with Gasteiger partial charge < -0.3 is 10.6 Å². The Hall–Kier alpha value is -1.65. The number of nitrogens with zero attached hydrogens (tertiary/aromatic N) is 1. The fourth-order valence-electron chi connectivity index (χ4n) is 3.23. The SMILES string of the molecule is Cl.N=C(N)N1C(CCc2ccccc2)CCC1Sc1ccccc1. The van der Waals surface area contributed by atoms with Crippen molar-refractivity contribution in [3.63, 3.8) is 0 Å². The Morgan fingerprint density at radius 3 is 2.29 bits per heavy atom. The van der Waals surface area contributed by atoms with Crippen LogP contribution in [0.5, 0.6) is 0 Å². The summed E-state index contributed by atoms with van der Waals surface area (Å²) in [5.41, 5.74) is 7.25. The van der Waals surface area contributed by atoms with E-state index in [0.29, 0.717) is 6.04 Å². The molecule has 2 unspecified atom stereocenters. The molecule has 0 aromatic heterocycles. The molecular weight excluding hydrogens is 338 g/mol. The first-order valence-corrected chi connectivity index (χ1v) is 9.00. The number of rotatable bonds is 5. The van der Waals surface area contributed by atoms with Crippen LogP contribution in [0.2, 0.25) is 0 Å². The number of benzene rings is 2. The Bertz CT molecular complexity index is 636. The average molecular weight is 362 g/mol. The van der Waals surface area contributed by atoms with E-state index in [9.17, 15) is 0 Å². The van der Waals surface area contributed by atoms with E-state index in [-0.39, 0.29) is 23.7 Å². The number of hydrogen-bond donors (Lipinski definition) is 2. The Balaban J connectivity index is 0.00000208. The van der Waals surface area contributed by atoms with Gasteiger partial charge in [-0.25, -0.2) is 0 Å². The van der Waals surface area contributed by atoms with Gasteiger partial charge in [-0.05, 0) is 43.4 Å². The van der Waals surface area contributed by atoms with Crippen LogP contribution >= 0.6 is 24.2 Å². The number of hydrogen-bond acceptors (Lipinski definition) is 2. The average Bonchev–Trinajstić information content (AvgIpc) is 2.98. The molecule has 1 aliphatic rings.